The number of methoxy groups -OCH3 is 1. The van der Waals surface area contributed by atoms with E-state index in [-0.39, 0.29) is 35.9 Å². The van der Waals surface area contributed by atoms with Crippen molar-refractivity contribution in [2.75, 3.05) is 45.3 Å². The maximum atomic E-state index is 13.2. The Morgan fingerprint density at radius 3 is 2.61 bits per heavy atom. The molecule has 1 saturated heterocycles. The first kappa shape index (κ1) is 23.7. The van der Waals surface area contributed by atoms with E-state index in [1.807, 2.05) is 5.38 Å². The van der Waals surface area contributed by atoms with Gasteiger partial charge in [0.15, 0.2) is 0 Å². The number of anilines is 1. The standard InChI is InChI=1S/C22H26N2O7S2/c1-3-31-22(26)19-16(14-4-5-14)13-32-21(19)23-20(25)15-6-7-17(29-2)18(12-15)33(27,28)24-8-10-30-11-9-24/h6-7,12-14H,3-5,8-11H2,1-2H3,(H,23,25). The first-order valence-electron chi connectivity index (χ1n) is 10.7. The molecule has 2 heterocycles. The van der Waals surface area contributed by atoms with Gasteiger partial charge >= 0.3 is 5.97 Å². The number of carbonyl (C=O) groups excluding carboxylic acids is 2. The third kappa shape index (κ3) is 4.91. The number of rotatable bonds is 8. The number of hydrogen-bond donors (Lipinski definition) is 1. The van der Waals surface area contributed by atoms with E-state index in [1.54, 1.807) is 6.92 Å². The van der Waals surface area contributed by atoms with Crippen molar-refractivity contribution < 1.29 is 32.2 Å². The second kappa shape index (κ2) is 9.80. The molecule has 1 N–H and O–H groups in total. The van der Waals surface area contributed by atoms with E-state index >= 15 is 0 Å². The number of hydrogen-bond acceptors (Lipinski definition) is 8. The molecule has 1 aromatic carbocycles. The predicted molar refractivity (Wildman–Crippen MR) is 123 cm³/mol. The number of ether oxygens (including phenoxy) is 3. The number of nitrogens with zero attached hydrogens (tertiary/aromatic N) is 1. The molecule has 11 heteroatoms. The average molecular weight is 495 g/mol. The Labute approximate surface area is 196 Å². The zero-order valence-corrected chi connectivity index (χ0v) is 20.1. The van der Waals surface area contributed by atoms with Crippen molar-refractivity contribution in [3.8, 4) is 5.75 Å². The summed E-state index contributed by atoms with van der Waals surface area (Å²) in [7, 11) is -2.51. The largest absolute Gasteiger partial charge is 0.495 e. The lowest BCUT2D eigenvalue weighted by molar-refractivity contribution is 0.0527. The topological polar surface area (TPSA) is 111 Å². The van der Waals surface area contributed by atoms with Gasteiger partial charge < -0.3 is 19.5 Å². The molecule has 0 atom stereocenters. The molecule has 2 aliphatic rings. The first-order chi connectivity index (χ1) is 15.9. The van der Waals surface area contributed by atoms with Crippen molar-refractivity contribution in [2.24, 2.45) is 0 Å². The summed E-state index contributed by atoms with van der Waals surface area (Å²) < 4.78 is 43.4. The number of esters is 1. The van der Waals surface area contributed by atoms with Crippen molar-refractivity contribution in [3.05, 3.63) is 40.3 Å². The van der Waals surface area contributed by atoms with Crippen molar-refractivity contribution >= 4 is 38.2 Å². The molecule has 1 aliphatic heterocycles. The summed E-state index contributed by atoms with van der Waals surface area (Å²) in [5.41, 5.74) is 1.41. The third-order valence-electron chi connectivity index (χ3n) is 5.56. The molecule has 1 aromatic heterocycles. The summed E-state index contributed by atoms with van der Waals surface area (Å²) in [6.45, 7) is 3.02. The Morgan fingerprint density at radius 1 is 1.24 bits per heavy atom. The maximum Gasteiger partial charge on any atom is 0.341 e. The molecule has 0 spiro atoms. The highest BCUT2D eigenvalue weighted by molar-refractivity contribution is 7.89. The van der Waals surface area contributed by atoms with E-state index in [0.29, 0.717) is 29.7 Å². The van der Waals surface area contributed by atoms with Crippen molar-refractivity contribution in [1.82, 2.24) is 4.31 Å². The van der Waals surface area contributed by atoms with Gasteiger partial charge in [0.1, 0.15) is 15.6 Å². The fraction of sp³-hybridized carbons (Fsp3) is 0.455. The van der Waals surface area contributed by atoms with Gasteiger partial charge in [-0.2, -0.15) is 4.31 Å². The SMILES string of the molecule is CCOC(=O)c1c(C2CC2)csc1NC(=O)c1ccc(OC)c(S(=O)(=O)N2CCOCC2)c1. The van der Waals surface area contributed by atoms with E-state index in [9.17, 15) is 18.0 Å². The van der Waals surface area contributed by atoms with Gasteiger partial charge in [-0.05, 0) is 54.8 Å². The van der Waals surface area contributed by atoms with Crippen LogP contribution in [0.3, 0.4) is 0 Å². The Kier molecular flexibility index (Phi) is 7.03. The van der Waals surface area contributed by atoms with Crippen LogP contribution in [0.5, 0.6) is 5.75 Å². The fourth-order valence-corrected chi connectivity index (χ4v) is 6.31. The minimum absolute atomic E-state index is 0.0879. The number of morpholine rings is 1. The highest BCUT2D eigenvalue weighted by atomic mass is 32.2. The molecule has 0 bridgehead atoms. The molecule has 0 unspecified atom stereocenters. The van der Waals surface area contributed by atoms with Gasteiger partial charge in [0, 0.05) is 18.7 Å². The molecular weight excluding hydrogens is 468 g/mol. The third-order valence-corrected chi connectivity index (χ3v) is 8.39. The molecule has 178 valence electrons. The highest BCUT2D eigenvalue weighted by Gasteiger charge is 2.33. The maximum absolute atomic E-state index is 13.2. The molecule has 1 saturated carbocycles. The lowest BCUT2D eigenvalue weighted by atomic mass is 10.1. The molecular formula is C22H26N2O7S2. The second-order valence-corrected chi connectivity index (χ2v) is 10.5. The number of sulfonamides is 1. The number of benzene rings is 1. The summed E-state index contributed by atoms with van der Waals surface area (Å²) in [5.74, 6) is -0.540. The number of amides is 1. The van der Waals surface area contributed by atoms with Crippen molar-refractivity contribution in [2.45, 2.75) is 30.6 Å². The molecule has 1 amide bonds. The van der Waals surface area contributed by atoms with Crippen LogP contribution in [-0.2, 0) is 19.5 Å². The van der Waals surface area contributed by atoms with Crippen molar-refractivity contribution in [1.29, 1.82) is 0 Å². The summed E-state index contributed by atoms with van der Waals surface area (Å²) >= 11 is 1.26. The number of carbonyl (C=O) groups is 2. The zero-order chi connectivity index (χ0) is 23.6. The molecule has 1 aliphatic carbocycles. The molecule has 2 fully saturated rings. The zero-order valence-electron chi connectivity index (χ0n) is 18.5. The van der Waals surface area contributed by atoms with Gasteiger partial charge in [-0.1, -0.05) is 0 Å². The highest BCUT2D eigenvalue weighted by Crippen LogP contribution is 2.46. The van der Waals surface area contributed by atoms with Crippen LogP contribution in [0.4, 0.5) is 5.00 Å². The van der Waals surface area contributed by atoms with Crippen LogP contribution in [0.2, 0.25) is 0 Å². The van der Waals surface area contributed by atoms with Crippen LogP contribution < -0.4 is 10.1 Å². The number of thiophene rings is 1. The Morgan fingerprint density at radius 2 is 1.97 bits per heavy atom. The summed E-state index contributed by atoms with van der Waals surface area (Å²) in [4.78, 5) is 25.5. The Balaban J connectivity index is 1.63. The van der Waals surface area contributed by atoms with Crippen LogP contribution in [0.25, 0.3) is 0 Å². The Bertz CT molecular complexity index is 1150. The monoisotopic (exact) mass is 494 g/mol. The minimum Gasteiger partial charge on any atom is -0.495 e. The minimum atomic E-state index is -3.88. The van der Waals surface area contributed by atoms with E-state index in [1.165, 1.54) is 41.0 Å². The van der Waals surface area contributed by atoms with Gasteiger partial charge in [0.2, 0.25) is 10.0 Å². The van der Waals surface area contributed by atoms with Crippen LogP contribution in [-0.4, -0.2) is 64.6 Å². The normalized spacial score (nSPS) is 16.9. The van der Waals surface area contributed by atoms with E-state index in [2.05, 4.69) is 5.32 Å². The van der Waals surface area contributed by atoms with Gasteiger partial charge in [-0.15, -0.1) is 11.3 Å². The second-order valence-electron chi connectivity index (χ2n) is 7.73. The first-order valence-corrected chi connectivity index (χ1v) is 13.0. The Hall–Kier alpha value is -2.47. The molecule has 9 nitrogen and oxygen atoms in total. The van der Waals surface area contributed by atoms with Crippen LogP contribution >= 0.6 is 11.3 Å². The summed E-state index contributed by atoms with van der Waals surface area (Å²) in [5, 5.41) is 5.05. The van der Waals surface area contributed by atoms with Crippen molar-refractivity contribution in [3.63, 3.8) is 0 Å². The van der Waals surface area contributed by atoms with Crippen LogP contribution in [0.1, 0.15) is 52.0 Å². The van der Waals surface area contributed by atoms with Gasteiger partial charge in [0.25, 0.3) is 5.91 Å². The van der Waals surface area contributed by atoms with E-state index in [0.717, 1.165) is 18.4 Å². The smallest absolute Gasteiger partial charge is 0.341 e. The van der Waals surface area contributed by atoms with Crippen LogP contribution in [0, 0.1) is 0 Å². The summed E-state index contributed by atoms with van der Waals surface area (Å²) in [6.07, 6.45) is 2.00. The van der Waals surface area contributed by atoms with E-state index in [4.69, 9.17) is 14.2 Å². The lowest BCUT2D eigenvalue weighted by Crippen LogP contribution is -2.40. The molecule has 0 radical (unpaired) electrons. The number of nitrogens with one attached hydrogen (secondary N) is 1. The quantitative estimate of drug-likeness (QED) is 0.562. The fourth-order valence-electron chi connectivity index (χ4n) is 3.69. The molecule has 4 rings (SSSR count). The van der Waals surface area contributed by atoms with Gasteiger partial charge in [-0.25, -0.2) is 13.2 Å². The molecule has 33 heavy (non-hydrogen) atoms. The van der Waals surface area contributed by atoms with Gasteiger partial charge in [-0.3, -0.25) is 4.79 Å². The predicted octanol–water partition coefficient (Wildman–Crippen LogP) is 3.08. The average Bonchev–Trinajstić information content (AvgIpc) is 3.59. The van der Waals surface area contributed by atoms with E-state index < -0.39 is 21.9 Å². The lowest BCUT2D eigenvalue weighted by Gasteiger charge is -2.26. The van der Waals surface area contributed by atoms with Gasteiger partial charge in [0.05, 0.1) is 32.5 Å². The van der Waals surface area contributed by atoms with Crippen LogP contribution in [0.15, 0.2) is 28.5 Å². The molecule has 2 aromatic rings. The summed E-state index contributed by atoms with van der Waals surface area (Å²) in [6, 6.07) is 4.25.